The zero-order chi connectivity index (χ0) is 19.1. The Kier molecular flexibility index (Phi) is 6.09. The summed E-state index contributed by atoms with van der Waals surface area (Å²) < 4.78 is 4.69. The molecule has 0 heterocycles. The molecular weight excluding hydrogens is 324 g/mol. The number of hydrogen-bond acceptors (Lipinski definition) is 4. The van der Waals surface area contributed by atoms with E-state index < -0.39 is 0 Å². The average Bonchev–Trinajstić information content (AvgIpc) is 2.73. The molecule has 0 unspecified atom stereocenters. The van der Waals surface area contributed by atoms with Crippen LogP contribution in [0, 0.1) is 22.7 Å². The monoisotopic (exact) mass is 342 g/mol. The van der Waals surface area contributed by atoms with Crippen LogP contribution in [0.15, 0.2) is 54.6 Å². The molecule has 0 aliphatic heterocycles. The number of esters is 1. The van der Waals surface area contributed by atoms with Gasteiger partial charge in [-0.2, -0.15) is 10.5 Å². The number of ether oxygens (including phenoxy) is 1. The Balaban J connectivity index is 0.00000117. The number of hydrogen-bond donors (Lipinski definition) is 0. The van der Waals surface area contributed by atoms with Crippen LogP contribution < -0.4 is 0 Å². The topological polar surface area (TPSA) is 73.9 Å². The first-order chi connectivity index (χ1) is 12.7. The maximum atomic E-state index is 11.5. The van der Waals surface area contributed by atoms with Gasteiger partial charge in [0.05, 0.1) is 23.8 Å². The molecule has 3 rings (SSSR count). The molecule has 0 saturated carbocycles. The summed E-state index contributed by atoms with van der Waals surface area (Å²) in [6.45, 7) is 4.00. The van der Waals surface area contributed by atoms with Crippen molar-refractivity contribution in [3.05, 3.63) is 71.3 Å². The molecular formula is C22H18N2O2. The molecule has 0 radical (unpaired) electrons. The largest absolute Gasteiger partial charge is 0.465 e. The van der Waals surface area contributed by atoms with Crippen molar-refractivity contribution in [1.29, 1.82) is 10.5 Å². The minimum atomic E-state index is -0.372. The zero-order valence-corrected chi connectivity index (χ0v) is 14.9. The van der Waals surface area contributed by atoms with Crippen LogP contribution in [0.5, 0.6) is 0 Å². The minimum absolute atomic E-state index is 0.364. The Bertz CT molecular complexity index is 1020. The number of methoxy groups -OCH3 is 1. The van der Waals surface area contributed by atoms with Crippen molar-refractivity contribution in [3.8, 4) is 23.3 Å². The lowest BCUT2D eigenvalue weighted by atomic mass is 9.97. The van der Waals surface area contributed by atoms with E-state index in [1.54, 1.807) is 24.3 Å². The quantitative estimate of drug-likeness (QED) is 0.610. The van der Waals surface area contributed by atoms with Gasteiger partial charge < -0.3 is 4.74 Å². The summed E-state index contributed by atoms with van der Waals surface area (Å²) in [4.78, 5) is 11.5. The van der Waals surface area contributed by atoms with E-state index in [2.05, 4.69) is 6.07 Å². The van der Waals surface area contributed by atoms with Gasteiger partial charge in [-0.05, 0) is 52.2 Å². The van der Waals surface area contributed by atoms with E-state index in [4.69, 9.17) is 15.3 Å². The average molecular weight is 342 g/mol. The van der Waals surface area contributed by atoms with Crippen LogP contribution in [0.2, 0.25) is 0 Å². The van der Waals surface area contributed by atoms with Gasteiger partial charge in [0.25, 0.3) is 0 Å². The highest BCUT2D eigenvalue weighted by atomic mass is 16.5. The molecule has 3 aromatic carbocycles. The zero-order valence-electron chi connectivity index (χ0n) is 14.9. The van der Waals surface area contributed by atoms with E-state index in [9.17, 15) is 4.79 Å². The highest BCUT2D eigenvalue weighted by molar-refractivity contribution is 5.92. The Morgan fingerprint density at radius 3 is 1.88 bits per heavy atom. The smallest absolute Gasteiger partial charge is 0.337 e. The molecule has 3 aromatic rings. The molecule has 0 spiro atoms. The molecule has 0 saturated heterocycles. The first-order valence-electron chi connectivity index (χ1n) is 8.23. The Hall–Kier alpha value is -3.63. The number of carbonyl (C=O) groups is 1. The molecule has 0 fully saturated rings. The summed E-state index contributed by atoms with van der Waals surface area (Å²) in [7, 11) is 1.35. The van der Waals surface area contributed by atoms with Crippen LogP contribution in [0.25, 0.3) is 21.9 Å². The van der Waals surface area contributed by atoms with E-state index in [0.29, 0.717) is 16.7 Å². The maximum absolute atomic E-state index is 11.5. The summed E-state index contributed by atoms with van der Waals surface area (Å²) >= 11 is 0. The number of benzene rings is 3. The fourth-order valence-corrected chi connectivity index (χ4v) is 2.58. The summed E-state index contributed by atoms with van der Waals surface area (Å²) in [6, 6.07) is 20.5. The third-order valence-corrected chi connectivity index (χ3v) is 3.86. The lowest BCUT2D eigenvalue weighted by Gasteiger charge is -2.06. The van der Waals surface area contributed by atoms with Crippen LogP contribution in [-0.4, -0.2) is 13.1 Å². The summed E-state index contributed by atoms with van der Waals surface area (Å²) in [5, 5.41) is 20.0. The van der Waals surface area contributed by atoms with Gasteiger partial charge in [0.1, 0.15) is 12.1 Å². The predicted octanol–water partition coefficient (Wildman–Crippen LogP) is 5.06. The van der Waals surface area contributed by atoms with E-state index in [1.807, 2.05) is 50.2 Å². The van der Waals surface area contributed by atoms with Crippen molar-refractivity contribution >= 4 is 16.7 Å². The second-order valence-corrected chi connectivity index (χ2v) is 5.25. The van der Waals surface area contributed by atoms with Gasteiger partial charge in [-0.1, -0.05) is 38.1 Å². The first-order valence-corrected chi connectivity index (χ1v) is 8.23. The normalized spacial score (nSPS) is 9.42. The van der Waals surface area contributed by atoms with Crippen LogP contribution in [0.4, 0.5) is 0 Å². The van der Waals surface area contributed by atoms with Gasteiger partial charge in [0.15, 0.2) is 0 Å². The Morgan fingerprint density at radius 1 is 0.808 bits per heavy atom. The molecule has 0 atom stereocenters. The van der Waals surface area contributed by atoms with Crippen LogP contribution in [0.3, 0.4) is 0 Å². The van der Waals surface area contributed by atoms with E-state index >= 15 is 0 Å². The third kappa shape index (κ3) is 3.71. The van der Waals surface area contributed by atoms with Crippen molar-refractivity contribution in [2.24, 2.45) is 0 Å². The van der Waals surface area contributed by atoms with Gasteiger partial charge >= 0.3 is 5.97 Å². The van der Waals surface area contributed by atoms with Gasteiger partial charge in [0, 0.05) is 0 Å². The van der Waals surface area contributed by atoms with Crippen molar-refractivity contribution < 1.29 is 9.53 Å². The lowest BCUT2D eigenvalue weighted by Crippen LogP contribution is -2.00. The van der Waals surface area contributed by atoms with E-state index in [0.717, 1.165) is 21.9 Å². The fraction of sp³-hybridized carbons (Fsp3) is 0.136. The maximum Gasteiger partial charge on any atom is 0.337 e. The molecule has 0 aliphatic rings. The number of nitriles is 2. The molecule has 0 amide bonds. The molecule has 4 nitrogen and oxygen atoms in total. The van der Waals surface area contributed by atoms with Crippen molar-refractivity contribution in [1.82, 2.24) is 0 Å². The predicted molar refractivity (Wildman–Crippen MR) is 102 cm³/mol. The molecule has 0 aromatic heterocycles. The molecule has 26 heavy (non-hydrogen) atoms. The van der Waals surface area contributed by atoms with Gasteiger partial charge in [-0.25, -0.2) is 4.79 Å². The third-order valence-electron chi connectivity index (χ3n) is 3.86. The number of carbonyl (C=O) groups excluding carboxylic acids is 1. The summed E-state index contributed by atoms with van der Waals surface area (Å²) in [5.41, 5.74) is 3.15. The van der Waals surface area contributed by atoms with Crippen LogP contribution >= 0.6 is 0 Å². The number of fused-ring (bicyclic) bond motifs is 1. The van der Waals surface area contributed by atoms with Gasteiger partial charge in [-0.3, -0.25) is 0 Å². The van der Waals surface area contributed by atoms with Crippen molar-refractivity contribution in [2.45, 2.75) is 13.8 Å². The molecule has 0 aliphatic carbocycles. The van der Waals surface area contributed by atoms with Gasteiger partial charge in [-0.15, -0.1) is 0 Å². The minimum Gasteiger partial charge on any atom is -0.465 e. The fourth-order valence-electron chi connectivity index (χ4n) is 2.58. The van der Waals surface area contributed by atoms with Crippen molar-refractivity contribution in [3.63, 3.8) is 0 Å². The lowest BCUT2D eigenvalue weighted by molar-refractivity contribution is 0.0601. The first kappa shape index (κ1) is 18.7. The number of rotatable bonds is 2. The van der Waals surface area contributed by atoms with Crippen molar-refractivity contribution in [2.75, 3.05) is 7.11 Å². The molecule has 0 bridgehead atoms. The number of nitrogens with zero attached hydrogens (tertiary/aromatic N) is 2. The SMILES string of the molecule is CC.COC(=O)c1ccc(-c2ccc3cc(C#N)c(C#N)cc3c2)cc1. The highest BCUT2D eigenvalue weighted by Gasteiger charge is 2.08. The highest BCUT2D eigenvalue weighted by Crippen LogP contribution is 2.27. The second kappa shape index (κ2) is 8.46. The standard InChI is InChI=1S/C20H12N2O2.C2H6/c1-24-20(23)14-4-2-13(3-5-14)15-6-7-16-9-18(11-21)19(12-22)10-17(16)8-15;1-2/h2-10H,1H3;1-2H3. The Labute approximate surface area is 152 Å². The second-order valence-electron chi connectivity index (χ2n) is 5.25. The van der Waals surface area contributed by atoms with Crippen LogP contribution in [-0.2, 0) is 4.74 Å². The molecule has 4 heteroatoms. The van der Waals surface area contributed by atoms with Gasteiger partial charge in [0.2, 0.25) is 0 Å². The summed E-state index contributed by atoms with van der Waals surface area (Å²) in [5.74, 6) is -0.372. The van der Waals surface area contributed by atoms with E-state index in [1.165, 1.54) is 7.11 Å². The summed E-state index contributed by atoms with van der Waals surface area (Å²) in [6.07, 6.45) is 0. The van der Waals surface area contributed by atoms with Crippen LogP contribution in [0.1, 0.15) is 35.3 Å². The molecule has 128 valence electrons. The van der Waals surface area contributed by atoms with E-state index in [-0.39, 0.29) is 5.97 Å². The Morgan fingerprint density at radius 2 is 1.35 bits per heavy atom. The molecule has 0 N–H and O–H groups in total.